The summed E-state index contributed by atoms with van der Waals surface area (Å²) < 4.78 is 5.04. The third kappa shape index (κ3) is 5.73. The number of Topliss-reactive ketones (excluding diaryl/α,β-unsaturated/α-hetero) is 1. The number of hydrogen-bond acceptors (Lipinski definition) is 4. The number of ether oxygens (including phenoxy) is 1. The Morgan fingerprint density at radius 3 is 2.19 bits per heavy atom. The molecule has 136 valence electrons. The van der Waals surface area contributed by atoms with E-state index in [-0.39, 0.29) is 31.1 Å². The first-order valence-electron chi connectivity index (χ1n) is 8.20. The summed E-state index contributed by atoms with van der Waals surface area (Å²) >= 11 is 0. The molecule has 2 aromatic carbocycles. The highest BCUT2D eigenvalue weighted by Crippen LogP contribution is 2.14. The lowest BCUT2D eigenvalue weighted by Crippen LogP contribution is -2.35. The number of ketones is 1. The van der Waals surface area contributed by atoms with Crippen LogP contribution in [0.5, 0.6) is 5.75 Å². The smallest absolute Gasteiger partial charge is 0.323 e. The van der Waals surface area contributed by atoms with Crippen LogP contribution in [0.15, 0.2) is 54.6 Å². The summed E-state index contributed by atoms with van der Waals surface area (Å²) in [6, 6.07) is 15.8. The Kier molecular flexibility index (Phi) is 6.91. The maximum Gasteiger partial charge on any atom is 0.323 e. The number of carboxylic acid groups (broad SMARTS) is 1. The number of carbonyl (C=O) groups excluding carboxylic acids is 2. The molecule has 1 N–H and O–H groups in total. The molecule has 0 aliphatic carbocycles. The lowest BCUT2D eigenvalue weighted by atomic mass is 10.1. The lowest BCUT2D eigenvalue weighted by molar-refractivity contribution is -0.144. The molecule has 0 atom stereocenters. The van der Waals surface area contributed by atoms with E-state index in [1.54, 1.807) is 31.4 Å². The number of carboxylic acids is 1. The molecule has 2 aromatic rings. The van der Waals surface area contributed by atoms with E-state index in [4.69, 9.17) is 9.84 Å². The van der Waals surface area contributed by atoms with E-state index >= 15 is 0 Å². The van der Waals surface area contributed by atoms with Crippen LogP contribution in [0.25, 0.3) is 0 Å². The summed E-state index contributed by atoms with van der Waals surface area (Å²) in [5.74, 6) is -0.974. The molecule has 2 rings (SSSR count). The Morgan fingerprint density at radius 1 is 0.962 bits per heavy atom. The van der Waals surface area contributed by atoms with Crippen molar-refractivity contribution in [3.05, 3.63) is 65.7 Å². The van der Waals surface area contributed by atoms with E-state index in [0.29, 0.717) is 11.3 Å². The van der Waals surface area contributed by atoms with Gasteiger partial charge in [-0.3, -0.25) is 14.4 Å². The average Bonchev–Trinajstić information content (AvgIpc) is 2.66. The van der Waals surface area contributed by atoms with Crippen LogP contribution < -0.4 is 4.74 Å². The van der Waals surface area contributed by atoms with Crippen molar-refractivity contribution >= 4 is 17.7 Å². The maximum absolute atomic E-state index is 12.4. The van der Waals surface area contributed by atoms with Crippen LogP contribution >= 0.6 is 0 Å². The lowest BCUT2D eigenvalue weighted by Gasteiger charge is -2.20. The molecule has 0 aliphatic rings. The molecular formula is C20H21NO5. The van der Waals surface area contributed by atoms with Crippen LogP contribution in [0.1, 0.15) is 28.8 Å². The Balaban J connectivity index is 1.96. The van der Waals surface area contributed by atoms with Crippen molar-refractivity contribution in [3.63, 3.8) is 0 Å². The molecule has 0 heterocycles. The second-order valence-electron chi connectivity index (χ2n) is 5.78. The van der Waals surface area contributed by atoms with Gasteiger partial charge in [-0.05, 0) is 29.8 Å². The Hall–Kier alpha value is -3.15. The number of methoxy groups -OCH3 is 1. The van der Waals surface area contributed by atoms with Crippen LogP contribution in [0.2, 0.25) is 0 Å². The van der Waals surface area contributed by atoms with E-state index in [1.807, 2.05) is 30.3 Å². The van der Waals surface area contributed by atoms with Crippen LogP contribution in [0.3, 0.4) is 0 Å². The topological polar surface area (TPSA) is 83.9 Å². The van der Waals surface area contributed by atoms with Gasteiger partial charge in [-0.2, -0.15) is 0 Å². The molecule has 26 heavy (non-hydrogen) atoms. The Bertz CT molecular complexity index is 756. The molecule has 0 fully saturated rings. The fourth-order valence-electron chi connectivity index (χ4n) is 2.50. The van der Waals surface area contributed by atoms with Gasteiger partial charge in [0.25, 0.3) is 0 Å². The summed E-state index contributed by atoms with van der Waals surface area (Å²) in [6.07, 6.45) is -0.0129. The van der Waals surface area contributed by atoms with Crippen LogP contribution in [-0.2, 0) is 16.1 Å². The number of aliphatic carboxylic acids is 1. The first-order chi connectivity index (χ1) is 12.5. The number of hydrogen-bond donors (Lipinski definition) is 1. The van der Waals surface area contributed by atoms with Crippen molar-refractivity contribution < 1.29 is 24.2 Å². The van der Waals surface area contributed by atoms with Crippen molar-refractivity contribution in [2.75, 3.05) is 13.7 Å². The minimum Gasteiger partial charge on any atom is -0.497 e. The van der Waals surface area contributed by atoms with E-state index in [0.717, 1.165) is 5.56 Å². The molecule has 0 spiro atoms. The predicted molar refractivity (Wildman–Crippen MR) is 96.1 cm³/mol. The normalized spacial score (nSPS) is 10.2. The van der Waals surface area contributed by atoms with E-state index in [9.17, 15) is 14.4 Å². The third-order valence-corrected chi connectivity index (χ3v) is 3.87. The Labute approximate surface area is 152 Å². The molecule has 0 saturated heterocycles. The molecule has 0 unspecified atom stereocenters. The van der Waals surface area contributed by atoms with Crippen molar-refractivity contribution in [2.24, 2.45) is 0 Å². The van der Waals surface area contributed by atoms with E-state index < -0.39 is 12.5 Å². The van der Waals surface area contributed by atoms with Gasteiger partial charge in [0, 0.05) is 24.9 Å². The first-order valence-corrected chi connectivity index (χ1v) is 8.20. The minimum atomic E-state index is -1.09. The first kappa shape index (κ1) is 19.2. The van der Waals surface area contributed by atoms with Crippen molar-refractivity contribution in [3.8, 4) is 5.75 Å². The number of rotatable bonds is 9. The van der Waals surface area contributed by atoms with E-state index in [2.05, 4.69) is 0 Å². The molecular weight excluding hydrogens is 334 g/mol. The third-order valence-electron chi connectivity index (χ3n) is 3.87. The highest BCUT2D eigenvalue weighted by atomic mass is 16.5. The fourth-order valence-corrected chi connectivity index (χ4v) is 2.50. The van der Waals surface area contributed by atoms with Gasteiger partial charge in [-0.25, -0.2) is 0 Å². The quantitative estimate of drug-likeness (QED) is 0.699. The van der Waals surface area contributed by atoms with Gasteiger partial charge in [-0.1, -0.05) is 30.3 Å². The molecule has 1 amide bonds. The largest absolute Gasteiger partial charge is 0.497 e. The van der Waals surface area contributed by atoms with Crippen molar-refractivity contribution in [2.45, 2.75) is 19.4 Å². The van der Waals surface area contributed by atoms with E-state index in [1.165, 1.54) is 4.90 Å². The summed E-state index contributed by atoms with van der Waals surface area (Å²) in [4.78, 5) is 36.9. The molecule has 0 aliphatic heterocycles. The minimum absolute atomic E-state index is 0.0239. The monoisotopic (exact) mass is 355 g/mol. The summed E-state index contributed by atoms with van der Waals surface area (Å²) in [6.45, 7) is -0.201. The SMILES string of the molecule is COc1ccc(C(=O)CCC(=O)N(CC(=O)O)Cc2ccccc2)cc1. The van der Waals surface area contributed by atoms with Gasteiger partial charge in [0.15, 0.2) is 5.78 Å². The maximum atomic E-state index is 12.4. The predicted octanol–water partition coefficient (Wildman–Crippen LogP) is 2.77. The van der Waals surface area contributed by atoms with Gasteiger partial charge in [0.05, 0.1) is 7.11 Å². The Morgan fingerprint density at radius 2 is 1.62 bits per heavy atom. The van der Waals surface area contributed by atoms with Gasteiger partial charge in [0.1, 0.15) is 12.3 Å². The zero-order valence-corrected chi connectivity index (χ0v) is 14.6. The standard InChI is InChI=1S/C20H21NO5/c1-26-17-9-7-16(8-10-17)18(22)11-12-19(23)21(14-20(24)25)13-15-5-3-2-4-6-15/h2-10H,11-14H2,1H3,(H,24,25). The van der Waals surface area contributed by atoms with Gasteiger partial charge >= 0.3 is 5.97 Å². The second kappa shape index (κ2) is 9.36. The highest BCUT2D eigenvalue weighted by molar-refractivity contribution is 5.98. The summed E-state index contributed by atoms with van der Waals surface area (Å²) in [7, 11) is 1.54. The summed E-state index contributed by atoms with van der Waals surface area (Å²) in [5, 5.41) is 9.04. The molecule has 0 aromatic heterocycles. The summed E-state index contributed by atoms with van der Waals surface area (Å²) in [5.41, 5.74) is 1.33. The number of benzene rings is 2. The molecule has 6 heteroatoms. The van der Waals surface area contributed by atoms with Crippen molar-refractivity contribution in [1.29, 1.82) is 0 Å². The number of carbonyl (C=O) groups is 3. The molecule has 0 bridgehead atoms. The fraction of sp³-hybridized carbons (Fsp3) is 0.250. The van der Waals surface area contributed by atoms with Gasteiger partial charge < -0.3 is 14.7 Å². The molecule has 0 radical (unpaired) electrons. The zero-order valence-electron chi connectivity index (χ0n) is 14.6. The van der Waals surface area contributed by atoms with Crippen LogP contribution in [0.4, 0.5) is 0 Å². The van der Waals surface area contributed by atoms with Gasteiger partial charge in [0.2, 0.25) is 5.91 Å². The molecule has 0 saturated carbocycles. The van der Waals surface area contributed by atoms with Crippen LogP contribution in [0, 0.1) is 0 Å². The molecule has 6 nitrogen and oxygen atoms in total. The van der Waals surface area contributed by atoms with Gasteiger partial charge in [-0.15, -0.1) is 0 Å². The van der Waals surface area contributed by atoms with Crippen molar-refractivity contribution in [1.82, 2.24) is 4.90 Å². The zero-order chi connectivity index (χ0) is 18.9. The average molecular weight is 355 g/mol. The second-order valence-corrected chi connectivity index (χ2v) is 5.78. The number of nitrogens with zero attached hydrogens (tertiary/aromatic N) is 1. The number of amides is 1. The van der Waals surface area contributed by atoms with Crippen LogP contribution in [-0.4, -0.2) is 41.3 Å². The highest BCUT2D eigenvalue weighted by Gasteiger charge is 2.18.